The molecule has 0 aromatic carbocycles. The Bertz CT molecular complexity index is 33.8. The first kappa shape index (κ1) is 16.0. The zero-order valence-corrected chi connectivity index (χ0v) is 4.45. The van der Waals surface area contributed by atoms with E-state index in [1.807, 2.05) is 0 Å². The van der Waals surface area contributed by atoms with Gasteiger partial charge < -0.3 is 10.2 Å². The summed E-state index contributed by atoms with van der Waals surface area (Å²) in [7, 11) is 0. The van der Waals surface area contributed by atoms with Gasteiger partial charge in [0.15, 0.2) is 0 Å². The molecule has 0 aliphatic carbocycles. The van der Waals surface area contributed by atoms with Gasteiger partial charge in [0.1, 0.15) is 0 Å². The van der Waals surface area contributed by atoms with Gasteiger partial charge in [0.25, 0.3) is 0 Å². The molecule has 0 aromatic heterocycles. The summed E-state index contributed by atoms with van der Waals surface area (Å²) < 4.78 is 0. The molecule has 0 aromatic rings. The molecule has 0 spiro atoms. The van der Waals surface area contributed by atoms with Gasteiger partial charge in [-0.25, -0.2) is 4.79 Å². The van der Waals surface area contributed by atoms with Crippen LogP contribution >= 0.6 is 0 Å². The summed E-state index contributed by atoms with van der Waals surface area (Å²) in [5.41, 5.74) is 0. The second-order valence-electron chi connectivity index (χ2n) is 0.283. The van der Waals surface area contributed by atoms with Crippen LogP contribution in [0.4, 0.5) is 4.79 Å². The van der Waals surface area contributed by atoms with Gasteiger partial charge in [-0.3, -0.25) is 0 Å². The van der Waals surface area contributed by atoms with Gasteiger partial charge >= 0.3 is 25.0 Å². The number of hydrogen-bond acceptors (Lipinski definition) is 1. The van der Waals surface area contributed by atoms with Gasteiger partial charge in [-0.1, -0.05) is 0 Å². The van der Waals surface area contributed by atoms with Gasteiger partial charge in [0.05, 0.1) is 0 Å². The van der Waals surface area contributed by atoms with Crippen molar-refractivity contribution >= 4 is 25.0 Å². The van der Waals surface area contributed by atoms with Crippen LogP contribution in [0, 0.1) is 0 Å². The van der Waals surface area contributed by atoms with Crippen molar-refractivity contribution in [1.29, 1.82) is 0 Å². The Morgan fingerprint density at radius 3 is 1.33 bits per heavy atom. The Balaban J connectivity index is -0.0000000450. The third kappa shape index (κ3) is 162. The minimum Gasteiger partial charge on any atom is 0 e. The maximum Gasteiger partial charge on any atom is 0 e. The standard InChI is InChI=1S/CH2O3.Li.Nb.H/c2-1(3)4;;;/h(H2,2,3,4);;;. The van der Waals surface area contributed by atoms with E-state index in [0.717, 1.165) is 0 Å². The number of hydrogen-bond donors (Lipinski definition) is 2. The molecule has 1 radical (unpaired) electrons. The molecular weight excluding hydrogens is 160 g/mol. The Morgan fingerprint density at radius 2 is 1.33 bits per heavy atom. The minimum atomic E-state index is -1.83. The van der Waals surface area contributed by atoms with Crippen molar-refractivity contribution in [2.24, 2.45) is 0 Å². The Hall–Kier alpha value is 0.608. The summed E-state index contributed by atoms with van der Waals surface area (Å²) in [6.45, 7) is 0. The van der Waals surface area contributed by atoms with Crippen molar-refractivity contribution in [1.82, 2.24) is 0 Å². The third-order valence-corrected chi connectivity index (χ3v) is 0. The minimum absolute atomic E-state index is 0. The molecule has 0 unspecified atom stereocenters. The fourth-order valence-electron chi connectivity index (χ4n) is 0. The molecule has 31 valence electrons. The molecule has 0 saturated heterocycles. The second kappa shape index (κ2) is 9.15. The second-order valence-corrected chi connectivity index (χ2v) is 0.283. The zero-order valence-electron chi connectivity index (χ0n) is 2.25. The first-order valence-corrected chi connectivity index (χ1v) is 0.651. The summed E-state index contributed by atoms with van der Waals surface area (Å²) in [5.74, 6) is 0. The molecule has 3 nitrogen and oxygen atoms in total. The van der Waals surface area contributed by atoms with Crippen LogP contribution in [0.5, 0.6) is 0 Å². The normalized spacial score (nSPS) is 4.00. The first-order chi connectivity index (χ1) is 1.73. The van der Waals surface area contributed by atoms with E-state index in [2.05, 4.69) is 0 Å². The van der Waals surface area contributed by atoms with Gasteiger partial charge in [0.2, 0.25) is 0 Å². The topological polar surface area (TPSA) is 57.5 Å². The molecule has 0 aliphatic heterocycles. The third-order valence-electron chi connectivity index (χ3n) is 0. The summed E-state index contributed by atoms with van der Waals surface area (Å²) >= 11 is 0. The molecule has 2 N–H and O–H groups in total. The monoisotopic (exact) mass is 163 g/mol. The van der Waals surface area contributed by atoms with Crippen LogP contribution in [0.2, 0.25) is 0 Å². The molecule has 0 saturated carbocycles. The van der Waals surface area contributed by atoms with Crippen LogP contribution in [0.25, 0.3) is 0 Å². The molecule has 5 heteroatoms. The van der Waals surface area contributed by atoms with Crippen molar-refractivity contribution in [3.05, 3.63) is 0 Å². The van der Waals surface area contributed by atoms with Crippen molar-refractivity contribution in [3.63, 3.8) is 0 Å². The quantitative estimate of drug-likeness (QED) is 0.476. The molecule has 0 fully saturated rings. The van der Waals surface area contributed by atoms with Crippen LogP contribution in [0.1, 0.15) is 0 Å². The van der Waals surface area contributed by atoms with Crippen LogP contribution < -0.4 is 0 Å². The fraction of sp³-hybridized carbons (Fsp3) is 0. The Kier molecular flexibility index (Phi) is 24.3. The van der Waals surface area contributed by atoms with Gasteiger partial charge in [-0.05, 0) is 0 Å². The molecular formula is CH3LiNbO3. The van der Waals surface area contributed by atoms with E-state index in [-0.39, 0.29) is 41.2 Å². The van der Waals surface area contributed by atoms with E-state index in [1.165, 1.54) is 0 Å². The van der Waals surface area contributed by atoms with E-state index >= 15 is 0 Å². The SMILES string of the molecule is O=C(O)O.[LiH].[Nb]. The van der Waals surface area contributed by atoms with Crippen LogP contribution in [0.15, 0.2) is 0 Å². The maximum absolute atomic E-state index is 8.56. The van der Waals surface area contributed by atoms with Crippen molar-refractivity contribution < 1.29 is 37.4 Å². The fourth-order valence-corrected chi connectivity index (χ4v) is 0. The van der Waals surface area contributed by atoms with E-state index in [0.29, 0.717) is 0 Å². The summed E-state index contributed by atoms with van der Waals surface area (Å²) in [4.78, 5) is 8.56. The predicted octanol–water partition coefficient (Wildman–Crippen LogP) is -0.429. The average molecular weight is 163 g/mol. The predicted molar refractivity (Wildman–Crippen MR) is 17.8 cm³/mol. The van der Waals surface area contributed by atoms with E-state index in [4.69, 9.17) is 15.0 Å². The van der Waals surface area contributed by atoms with E-state index in [9.17, 15) is 0 Å². The molecule has 0 atom stereocenters. The van der Waals surface area contributed by atoms with Crippen molar-refractivity contribution in [2.75, 3.05) is 0 Å². The van der Waals surface area contributed by atoms with Gasteiger partial charge in [-0.2, -0.15) is 0 Å². The molecule has 0 bridgehead atoms. The Morgan fingerprint density at radius 1 is 1.33 bits per heavy atom. The van der Waals surface area contributed by atoms with E-state index < -0.39 is 6.16 Å². The number of carbonyl (C=O) groups is 1. The van der Waals surface area contributed by atoms with Gasteiger partial charge in [-0.15, -0.1) is 0 Å². The average Bonchev–Trinajstić information content (AvgIpc) is 0.811. The van der Waals surface area contributed by atoms with Crippen LogP contribution in [0.3, 0.4) is 0 Å². The van der Waals surface area contributed by atoms with Crippen LogP contribution in [-0.2, 0) is 22.4 Å². The molecule has 0 heterocycles. The van der Waals surface area contributed by atoms with Crippen molar-refractivity contribution in [3.8, 4) is 0 Å². The largest absolute Gasteiger partial charge is 0 e. The van der Waals surface area contributed by atoms with Gasteiger partial charge in [0, 0.05) is 22.4 Å². The Labute approximate surface area is 62.4 Å². The smallest absolute Gasteiger partial charge is 0 e. The summed E-state index contributed by atoms with van der Waals surface area (Å²) in [5, 5.41) is 13.9. The maximum atomic E-state index is 8.56. The molecule has 0 rings (SSSR count). The first-order valence-electron chi connectivity index (χ1n) is 0.651. The summed E-state index contributed by atoms with van der Waals surface area (Å²) in [6, 6.07) is 0. The number of rotatable bonds is 0. The summed E-state index contributed by atoms with van der Waals surface area (Å²) in [6.07, 6.45) is -1.83. The van der Waals surface area contributed by atoms with Crippen LogP contribution in [-0.4, -0.2) is 35.2 Å². The number of carboxylic acid groups (broad SMARTS) is 2. The molecule has 6 heavy (non-hydrogen) atoms. The molecule has 0 aliphatic rings. The van der Waals surface area contributed by atoms with E-state index in [1.54, 1.807) is 0 Å². The van der Waals surface area contributed by atoms with Crippen molar-refractivity contribution in [2.45, 2.75) is 0 Å². The molecule has 0 amide bonds. The zero-order chi connectivity index (χ0) is 3.58.